The van der Waals surface area contributed by atoms with Crippen LogP contribution in [0.2, 0.25) is 0 Å². The van der Waals surface area contributed by atoms with Gasteiger partial charge in [0.25, 0.3) is 0 Å². The zero-order valence-corrected chi connectivity index (χ0v) is 12.0. The van der Waals surface area contributed by atoms with Gasteiger partial charge in [-0.15, -0.1) is 0 Å². The van der Waals surface area contributed by atoms with E-state index < -0.39 is 0 Å². The highest BCUT2D eigenvalue weighted by molar-refractivity contribution is 5.19. The zero-order chi connectivity index (χ0) is 13.9. The molecule has 1 N–H and O–H groups in total. The van der Waals surface area contributed by atoms with Crippen molar-refractivity contribution in [3.8, 4) is 5.75 Å². The highest BCUT2D eigenvalue weighted by Gasteiger charge is 1.98. The van der Waals surface area contributed by atoms with Crippen LogP contribution in [0.1, 0.15) is 19.5 Å². The molecule has 0 saturated heterocycles. The summed E-state index contributed by atoms with van der Waals surface area (Å²) in [6.07, 6.45) is 1.74. The van der Waals surface area contributed by atoms with E-state index in [0.29, 0.717) is 32.5 Å². The van der Waals surface area contributed by atoms with Gasteiger partial charge in [-0.3, -0.25) is 4.98 Å². The van der Waals surface area contributed by atoms with Crippen molar-refractivity contribution in [2.24, 2.45) is 0 Å². The molecule has 0 amide bonds. The van der Waals surface area contributed by atoms with Crippen molar-refractivity contribution in [3.63, 3.8) is 0 Å². The summed E-state index contributed by atoms with van der Waals surface area (Å²) in [4.78, 5) is 4.33. The number of ether oxygens (including phenoxy) is 3. The summed E-state index contributed by atoms with van der Waals surface area (Å²) in [6, 6.07) is 4.36. The van der Waals surface area contributed by atoms with Crippen LogP contribution in [0.15, 0.2) is 18.3 Å². The van der Waals surface area contributed by atoms with Gasteiger partial charge in [-0.05, 0) is 12.1 Å². The third-order valence-electron chi connectivity index (χ3n) is 2.42. The third kappa shape index (κ3) is 7.77. The zero-order valence-electron chi connectivity index (χ0n) is 12.0. The average molecular weight is 268 g/mol. The van der Waals surface area contributed by atoms with Crippen LogP contribution in [0.25, 0.3) is 0 Å². The van der Waals surface area contributed by atoms with Gasteiger partial charge in [-0.25, -0.2) is 0 Å². The highest BCUT2D eigenvalue weighted by atomic mass is 16.5. The average Bonchev–Trinajstić information content (AvgIpc) is 2.41. The summed E-state index contributed by atoms with van der Waals surface area (Å²) in [5.41, 5.74) is 1.01. The fraction of sp³-hybridized carbons (Fsp3) is 0.643. The predicted molar refractivity (Wildman–Crippen MR) is 74.4 cm³/mol. The Labute approximate surface area is 115 Å². The molecular formula is C14H24N2O3. The van der Waals surface area contributed by atoms with Crippen molar-refractivity contribution < 1.29 is 14.2 Å². The molecule has 0 saturated carbocycles. The van der Waals surface area contributed by atoms with E-state index in [9.17, 15) is 0 Å². The molecule has 0 aromatic carbocycles. The smallest absolute Gasteiger partial charge is 0.137 e. The van der Waals surface area contributed by atoms with Gasteiger partial charge < -0.3 is 19.5 Å². The maximum absolute atomic E-state index is 5.52. The fourth-order valence-corrected chi connectivity index (χ4v) is 1.37. The largest absolute Gasteiger partial charge is 0.490 e. The summed E-state index contributed by atoms with van der Waals surface area (Å²) in [5, 5.41) is 3.32. The quantitative estimate of drug-likeness (QED) is 0.654. The molecule has 1 rings (SSSR count). The van der Waals surface area contributed by atoms with Gasteiger partial charge in [-0.1, -0.05) is 13.8 Å². The summed E-state index contributed by atoms with van der Waals surface area (Å²) in [6.45, 7) is 7.28. The lowest BCUT2D eigenvalue weighted by atomic mass is 10.3. The molecular weight excluding hydrogens is 244 g/mol. The van der Waals surface area contributed by atoms with E-state index in [1.807, 2.05) is 12.1 Å². The Morgan fingerprint density at radius 3 is 2.58 bits per heavy atom. The number of pyridine rings is 1. The van der Waals surface area contributed by atoms with Gasteiger partial charge in [0.15, 0.2) is 0 Å². The number of rotatable bonds is 10. The Hall–Kier alpha value is -1.17. The number of nitrogens with zero attached hydrogens (tertiary/aromatic N) is 1. The van der Waals surface area contributed by atoms with Gasteiger partial charge in [0.1, 0.15) is 12.4 Å². The van der Waals surface area contributed by atoms with E-state index in [1.54, 1.807) is 13.3 Å². The van der Waals surface area contributed by atoms with E-state index in [-0.39, 0.29) is 0 Å². The van der Waals surface area contributed by atoms with Gasteiger partial charge in [-0.2, -0.15) is 0 Å². The molecule has 0 bridgehead atoms. The molecule has 5 heteroatoms. The number of hydrogen-bond donors (Lipinski definition) is 1. The molecule has 0 spiro atoms. The molecule has 5 nitrogen and oxygen atoms in total. The molecule has 0 unspecified atom stereocenters. The summed E-state index contributed by atoms with van der Waals surface area (Å²) in [5.74, 6) is 0.767. The van der Waals surface area contributed by atoms with E-state index in [4.69, 9.17) is 14.2 Å². The normalized spacial score (nSPS) is 10.9. The third-order valence-corrected chi connectivity index (χ3v) is 2.42. The van der Waals surface area contributed by atoms with E-state index in [2.05, 4.69) is 24.1 Å². The first-order valence-corrected chi connectivity index (χ1v) is 6.60. The SMILES string of the molecule is COCCOCCOc1ccc(CNC(C)C)nc1. The van der Waals surface area contributed by atoms with Crippen LogP contribution in [0, 0.1) is 0 Å². The number of aromatic nitrogens is 1. The maximum atomic E-state index is 5.52. The lowest BCUT2D eigenvalue weighted by Crippen LogP contribution is -2.22. The Morgan fingerprint density at radius 2 is 1.95 bits per heavy atom. The Bertz CT molecular complexity index is 328. The van der Waals surface area contributed by atoms with Gasteiger partial charge in [0, 0.05) is 19.7 Å². The standard InChI is InChI=1S/C14H24N2O3/c1-12(2)15-10-13-4-5-14(11-16-13)19-9-8-18-7-6-17-3/h4-5,11-12,15H,6-10H2,1-3H3. The summed E-state index contributed by atoms with van der Waals surface area (Å²) in [7, 11) is 1.65. The molecule has 0 aliphatic carbocycles. The minimum Gasteiger partial charge on any atom is -0.490 e. The second-order valence-electron chi connectivity index (χ2n) is 4.47. The monoisotopic (exact) mass is 268 g/mol. The van der Waals surface area contributed by atoms with E-state index in [0.717, 1.165) is 18.0 Å². The Kier molecular flexibility index (Phi) is 8.13. The maximum Gasteiger partial charge on any atom is 0.137 e. The second kappa shape index (κ2) is 9.72. The minimum atomic E-state index is 0.460. The lowest BCUT2D eigenvalue weighted by molar-refractivity contribution is 0.0543. The molecule has 1 aromatic rings. The van der Waals surface area contributed by atoms with Crippen molar-refractivity contribution in [2.75, 3.05) is 33.5 Å². The van der Waals surface area contributed by atoms with Gasteiger partial charge in [0.2, 0.25) is 0 Å². The molecule has 1 heterocycles. The molecule has 108 valence electrons. The Balaban J connectivity index is 2.17. The summed E-state index contributed by atoms with van der Waals surface area (Å²) >= 11 is 0. The highest BCUT2D eigenvalue weighted by Crippen LogP contribution is 2.08. The Morgan fingerprint density at radius 1 is 1.16 bits per heavy atom. The van der Waals surface area contributed by atoms with Gasteiger partial charge in [0.05, 0.1) is 31.7 Å². The van der Waals surface area contributed by atoms with Crippen LogP contribution >= 0.6 is 0 Å². The van der Waals surface area contributed by atoms with Crippen molar-refractivity contribution in [1.82, 2.24) is 10.3 Å². The molecule has 19 heavy (non-hydrogen) atoms. The van der Waals surface area contributed by atoms with Crippen LogP contribution in [0.4, 0.5) is 0 Å². The number of hydrogen-bond acceptors (Lipinski definition) is 5. The van der Waals surface area contributed by atoms with E-state index >= 15 is 0 Å². The second-order valence-corrected chi connectivity index (χ2v) is 4.47. The molecule has 0 aliphatic heterocycles. The van der Waals surface area contributed by atoms with Crippen molar-refractivity contribution in [1.29, 1.82) is 0 Å². The van der Waals surface area contributed by atoms with Crippen LogP contribution in [-0.4, -0.2) is 44.6 Å². The topological polar surface area (TPSA) is 52.6 Å². The number of nitrogens with one attached hydrogen (secondary N) is 1. The first-order chi connectivity index (χ1) is 9.22. The minimum absolute atomic E-state index is 0.460. The predicted octanol–water partition coefficient (Wildman–Crippen LogP) is 1.62. The first-order valence-electron chi connectivity index (χ1n) is 6.60. The van der Waals surface area contributed by atoms with E-state index in [1.165, 1.54) is 0 Å². The van der Waals surface area contributed by atoms with Crippen LogP contribution < -0.4 is 10.1 Å². The molecule has 0 fully saturated rings. The first kappa shape index (κ1) is 15.9. The van der Waals surface area contributed by atoms with Crippen LogP contribution in [0.3, 0.4) is 0 Å². The van der Waals surface area contributed by atoms with Crippen molar-refractivity contribution in [2.45, 2.75) is 26.4 Å². The molecule has 0 atom stereocenters. The molecule has 1 aromatic heterocycles. The summed E-state index contributed by atoms with van der Waals surface area (Å²) < 4.78 is 15.7. The van der Waals surface area contributed by atoms with Gasteiger partial charge >= 0.3 is 0 Å². The lowest BCUT2D eigenvalue weighted by Gasteiger charge is -2.09. The fourth-order valence-electron chi connectivity index (χ4n) is 1.37. The van der Waals surface area contributed by atoms with Crippen LogP contribution in [0.5, 0.6) is 5.75 Å². The van der Waals surface area contributed by atoms with Crippen LogP contribution in [-0.2, 0) is 16.0 Å². The van der Waals surface area contributed by atoms with Crippen molar-refractivity contribution >= 4 is 0 Å². The number of methoxy groups -OCH3 is 1. The van der Waals surface area contributed by atoms with Crippen molar-refractivity contribution in [3.05, 3.63) is 24.0 Å². The molecule has 0 aliphatic rings. The molecule has 0 radical (unpaired) electrons.